The first-order valence-corrected chi connectivity index (χ1v) is 10.1. The van der Waals surface area contributed by atoms with Gasteiger partial charge in [-0.05, 0) is 48.9 Å². The van der Waals surface area contributed by atoms with Gasteiger partial charge in [-0.25, -0.2) is 9.37 Å². The van der Waals surface area contributed by atoms with Crippen molar-refractivity contribution in [3.8, 4) is 11.5 Å². The van der Waals surface area contributed by atoms with E-state index in [1.165, 1.54) is 18.3 Å². The SMILES string of the molecule is NC(=O)c1cnc(N2CCC3(CC2)C[C@H]3c2nnc(-c3cccc(F)c3)o2)c(Cl)c1. The lowest BCUT2D eigenvalue weighted by atomic mass is 9.90. The number of pyridine rings is 1. The topological polar surface area (TPSA) is 98.1 Å². The Bertz CT molecular complexity index is 1130. The molecule has 1 amide bonds. The molecule has 2 aromatic heterocycles. The van der Waals surface area contributed by atoms with E-state index in [4.69, 9.17) is 21.8 Å². The molecule has 154 valence electrons. The highest BCUT2D eigenvalue weighted by atomic mass is 35.5. The van der Waals surface area contributed by atoms with Crippen LogP contribution in [0.3, 0.4) is 0 Å². The molecule has 1 aliphatic heterocycles. The van der Waals surface area contributed by atoms with Crippen LogP contribution in [0.2, 0.25) is 5.02 Å². The van der Waals surface area contributed by atoms with Crippen LogP contribution in [-0.2, 0) is 0 Å². The van der Waals surface area contributed by atoms with Crippen LogP contribution in [0.4, 0.5) is 10.2 Å². The number of rotatable bonds is 4. The first kappa shape index (κ1) is 19.0. The van der Waals surface area contributed by atoms with Gasteiger partial charge in [-0.15, -0.1) is 10.2 Å². The Morgan fingerprint density at radius 1 is 1.27 bits per heavy atom. The third-order valence-electron chi connectivity index (χ3n) is 6.17. The minimum absolute atomic E-state index is 0.141. The van der Waals surface area contributed by atoms with E-state index in [0.29, 0.717) is 33.7 Å². The quantitative estimate of drug-likeness (QED) is 0.680. The van der Waals surface area contributed by atoms with E-state index in [2.05, 4.69) is 20.1 Å². The number of carbonyl (C=O) groups is 1. The van der Waals surface area contributed by atoms with Crippen molar-refractivity contribution in [2.45, 2.75) is 25.2 Å². The van der Waals surface area contributed by atoms with Crippen molar-refractivity contribution >= 4 is 23.3 Å². The summed E-state index contributed by atoms with van der Waals surface area (Å²) in [7, 11) is 0. The number of piperidine rings is 1. The van der Waals surface area contributed by atoms with Gasteiger partial charge >= 0.3 is 0 Å². The standard InChI is InChI=1S/C21H19ClFN5O2/c22-16-9-13(17(24)29)11-25-18(16)28-6-4-21(5-7-28)10-15(21)20-27-26-19(30-20)12-2-1-3-14(23)8-12/h1-3,8-9,11,15H,4-7,10H2,(H2,24,29)/t15-/m0/s1. The number of amides is 1. The molecule has 1 aromatic carbocycles. The number of hydrogen-bond donors (Lipinski definition) is 1. The first-order chi connectivity index (χ1) is 14.4. The summed E-state index contributed by atoms with van der Waals surface area (Å²) in [6.45, 7) is 1.59. The fraction of sp³-hybridized carbons (Fsp3) is 0.333. The molecule has 1 saturated heterocycles. The average molecular weight is 428 g/mol. The normalized spacial score (nSPS) is 19.8. The van der Waals surface area contributed by atoms with E-state index in [0.717, 1.165) is 32.4 Å². The number of hydrogen-bond acceptors (Lipinski definition) is 6. The van der Waals surface area contributed by atoms with Gasteiger partial charge in [0.1, 0.15) is 11.6 Å². The van der Waals surface area contributed by atoms with Crippen molar-refractivity contribution in [3.63, 3.8) is 0 Å². The fourth-order valence-corrected chi connectivity index (χ4v) is 4.61. The third kappa shape index (κ3) is 3.31. The van der Waals surface area contributed by atoms with Gasteiger partial charge in [-0.2, -0.15) is 0 Å². The summed E-state index contributed by atoms with van der Waals surface area (Å²) in [5, 5.41) is 8.75. The predicted molar refractivity (Wildman–Crippen MR) is 109 cm³/mol. The number of nitrogens with two attached hydrogens (primary N) is 1. The molecule has 1 atom stereocenters. The molecule has 1 spiro atoms. The second kappa shape index (κ2) is 7.05. The van der Waals surface area contributed by atoms with Crippen LogP contribution in [0.1, 0.15) is 41.4 Å². The highest BCUT2D eigenvalue weighted by Crippen LogP contribution is 2.64. The Hall–Kier alpha value is -3.00. The van der Waals surface area contributed by atoms with E-state index in [1.807, 2.05) is 0 Å². The van der Waals surface area contributed by atoms with Crippen LogP contribution in [0, 0.1) is 11.2 Å². The van der Waals surface area contributed by atoms with Crippen molar-refractivity contribution < 1.29 is 13.6 Å². The summed E-state index contributed by atoms with van der Waals surface area (Å²) in [6, 6.07) is 7.70. The minimum Gasteiger partial charge on any atom is -0.420 e. The maximum absolute atomic E-state index is 13.5. The fourth-order valence-electron chi connectivity index (χ4n) is 4.32. The number of halogens is 2. The van der Waals surface area contributed by atoms with Crippen molar-refractivity contribution in [2.24, 2.45) is 11.1 Å². The lowest BCUT2D eigenvalue weighted by molar-refractivity contribution is 0.1000. The number of aromatic nitrogens is 3. The minimum atomic E-state index is -0.550. The second-order valence-electron chi connectivity index (χ2n) is 7.96. The maximum atomic E-state index is 13.5. The van der Waals surface area contributed by atoms with Gasteiger partial charge in [0.15, 0.2) is 0 Å². The molecule has 9 heteroatoms. The van der Waals surface area contributed by atoms with Gasteiger partial charge < -0.3 is 15.1 Å². The van der Waals surface area contributed by atoms with Gasteiger partial charge in [0.25, 0.3) is 0 Å². The van der Waals surface area contributed by atoms with Crippen LogP contribution >= 0.6 is 11.6 Å². The molecular formula is C21H19ClFN5O2. The molecule has 1 aliphatic carbocycles. The van der Waals surface area contributed by atoms with Crippen molar-refractivity contribution in [1.82, 2.24) is 15.2 Å². The number of nitrogens with zero attached hydrogens (tertiary/aromatic N) is 4. The smallest absolute Gasteiger partial charge is 0.250 e. The molecule has 0 radical (unpaired) electrons. The van der Waals surface area contributed by atoms with Gasteiger partial charge in [-0.3, -0.25) is 4.79 Å². The molecular weight excluding hydrogens is 409 g/mol. The molecule has 0 unspecified atom stereocenters. The lowest BCUT2D eigenvalue weighted by Crippen LogP contribution is -2.35. The van der Waals surface area contributed by atoms with Gasteiger partial charge in [-0.1, -0.05) is 17.7 Å². The molecule has 2 fully saturated rings. The zero-order valence-electron chi connectivity index (χ0n) is 16.0. The van der Waals surface area contributed by atoms with Crippen molar-refractivity contribution in [3.05, 3.63) is 58.8 Å². The molecule has 30 heavy (non-hydrogen) atoms. The Kier molecular flexibility index (Phi) is 4.47. The van der Waals surface area contributed by atoms with Crippen LogP contribution < -0.4 is 10.6 Å². The zero-order chi connectivity index (χ0) is 20.9. The Labute approximate surface area is 177 Å². The molecule has 2 N–H and O–H groups in total. The highest BCUT2D eigenvalue weighted by Gasteiger charge is 2.58. The molecule has 3 heterocycles. The summed E-state index contributed by atoms with van der Waals surface area (Å²) in [5.41, 5.74) is 6.30. The van der Waals surface area contributed by atoms with E-state index in [-0.39, 0.29) is 17.2 Å². The van der Waals surface area contributed by atoms with E-state index in [9.17, 15) is 9.18 Å². The van der Waals surface area contributed by atoms with Crippen LogP contribution in [0.5, 0.6) is 0 Å². The van der Waals surface area contributed by atoms with E-state index < -0.39 is 5.91 Å². The summed E-state index contributed by atoms with van der Waals surface area (Å²) >= 11 is 6.32. The van der Waals surface area contributed by atoms with Crippen molar-refractivity contribution in [1.29, 1.82) is 0 Å². The molecule has 3 aromatic rings. The monoisotopic (exact) mass is 427 g/mol. The van der Waals surface area contributed by atoms with E-state index in [1.54, 1.807) is 18.2 Å². The second-order valence-corrected chi connectivity index (χ2v) is 8.36. The van der Waals surface area contributed by atoms with Crippen LogP contribution in [0.25, 0.3) is 11.5 Å². The molecule has 1 saturated carbocycles. The zero-order valence-corrected chi connectivity index (χ0v) is 16.8. The molecule has 7 nitrogen and oxygen atoms in total. The average Bonchev–Trinajstić information content (AvgIpc) is 3.20. The summed E-state index contributed by atoms with van der Waals surface area (Å²) < 4.78 is 19.3. The van der Waals surface area contributed by atoms with Gasteiger partial charge in [0.05, 0.1) is 10.6 Å². The predicted octanol–water partition coefficient (Wildman–Crippen LogP) is 3.80. The number of primary amides is 1. The molecule has 0 bridgehead atoms. The van der Waals surface area contributed by atoms with Gasteiger partial charge in [0.2, 0.25) is 17.7 Å². The Morgan fingerprint density at radius 3 is 2.77 bits per heavy atom. The highest BCUT2D eigenvalue weighted by molar-refractivity contribution is 6.33. The number of anilines is 1. The largest absolute Gasteiger partial charge is 0.420 e. The van der Waals surface area contributed by atoms with Crippen LogP contribution in [0.15, 0.2) is 40.9 Å². The van der Waals surface area contributed by atoms with Crippen LogP contribution in [-0.4, -0.2) is 34.2 Å². The maximum Gasteiger partial charge on any atom is 0.250 e. The summed E-state index contributed by atoms with van der Waals surface area (Å²) in [4.78, 5) is 17.7. The van der Waals surface area contributed by atoms with Gasteiger partial charge in [0, 0.05) is 30.8 Å². The number of benzene rings is 1. The molecule has 5 rings (SSSR count). The Morgan fingerprint density at radius 2 is 2.07 bits per heavy atom. The van der Waals surface area contributed by atoms with Crippen molar-refractivity contribution in [2.75, 3.05) is 18.0 Å². The van der Waals surface area contributed by atoms with E-state index >= 15 is 0 Å². The number of carbonyl (C=O) groups excluding carboxylic acids is 1. The lowest BCUT2D eigenvalue weighted by Gasteiger charge is -2.34. The third-order valence-corrected chi connectivity index (χ3v) is 6.44. The first-order valence-electron chi connectivity index (χ1n) is 9.75. The summed E-state index contributed by atoms with van der Waals surface area (Å²) in [5.74, 6) is 0.958. The molecule has 2 aliphatic rings. The Balaban J connectivity index is 1.26. The summed E-state index contributed by atoms with van der Waals surface area (Å²) in [6.07, 6.45) is 4.35.